The summed E-state index contributed by atoms with van der Waals surface area (Å²) in [6, 6.07) is 6.06. The Balaban J connectivity index is 2.03. The van der Waals surface area contributed by atoms with Gasteiger partial charge in [0.05, 0.1) is 26.6 Å². The second kappa shape index (κ2) is 6.32. The van der Waals surface area contributed by atoms with Crippen LogP contribution < -0.4 is 14.2 Å². The van der Waals surface area contributed by atoms with Crippen LogP contribution in [0, 0.1) is 0 Å². The van der Waals surface area contributed by atoms with E-state index in [1.54, 1.807) is 20.4 Å². The topological polar surface area (TPSA) is 45.5 Å². The van der Waals surface area contributed by atoms with Gasteiger partial charge in [-0.15, -0.1) is 0 Å². The second-order valence-corrected chi connectivity index (χ2v) is 4.73. The molecule has 0 bridgehead atoms. The molecule has 0 atom stereocenters. The normalized spacial score (nSPS) is 10.7. The van der Waals surface area contributed by atoms with Crippen molar-refractivity contribution >= 4 is 0 Å². The Morgan fingerprint density at radius 3 is 2.50 bits per heavy atom. The minimum atomic E-state index is 0.327. The first-order valence-corrected chi connectivity index (χ1v) is 6.52. The van der Waals surface area contributed by atoms with E-state index in [0.29, 0.717) is 24.1 Å². The van der Waals surface area contributed by atoms with Gasteiger partial charge in [0, 0.05) is 6.04 Å². The van der Waals surface area contributed by atoms with Crippen molar-refractivity contribution in [3.63, 3.8) is 0 Å². The first-order chi connectivity index (χ1) is 9.63. The Morgan fingerprint density at radius 1 is 1.15 bits per heavy atom. The molecule has 20 heavy (non-hydrogen) atoms. The van der Waals surface area contributed by atoms with Crippen molar-refractivity contribution < 1.29 is 14.2 Å². The van der Waals surface area contributed by atoms with E-state index in [1.807, 2.05) is 29.1 Å². The standard InChI is InChI=1S/C15H20N2O3/c1-11(2)17-9-13(8-16-17)20-10-12-5-6-14(18-3)15(7-12)19-4/h5-9,11H,10H2,1-4H3. The van der Waals surface area contributed by atoms with E-state index in [1.165, 1.54) is 0 Å². The molecule has 0 saturated heterocycles. The summed E-state index contributed by atoms with van der Waals surface area (Å²) in [6.45, 7) is 4.61. The van der Waals surface area contributed by atoms with E-state index in [9.17, 15) is 0 Å². The number of aromatic nitrogens is 2. The van der Waals surface area contributed by atoms with Gasteiger partial charge in [-0.2, -0.15) is 5.10 Å². The van der Waals surface area contributed by atoms with E-state index in [-0.39, 0.29) is 0 Å². The second-order valence-electron chi connectivity index (χ2n) is 4.73. The SMILES string of the molecule is COc1ccc(COc2cnn(C(C)C)c2)cc1OC. The largest absolute Gasteiger partial charge is 0.493 e. The Hall–Kier alpha value is -2.17. The number of ether oxygens (including phenoxy) is 3. The summed E-state index contributed by atoms with van der Waals surface area (Å²) in [6.07, 6.45) is 3.62. The van der Waals surface area contributed by atoms with Gasteiger partial charge >= 0.3 is 0 Å². The molecule has 1 heterocycles. The zero-order chi connectivity index (χ0) is 14.5. The van der Waals surface area contributed by atoms with Crippen molar-refractivity contribution in [2.75, 3.05) is 14.2 Å². The number of nitrogens with zero attached hydrogens (tertiary/aromatic N) is 2. The van der Waals surface area contributed by atoms with E-state index < -0.39 is 0 Å². The molecule has 0 saturated carbocycles. The molecule has 0 spiro atoms. The molecule has 0 aliphatic carbocycles. The van der Waals surface area contributed by atoms with Gasteiger partial charge in [-0.25, -0.2) is 0 Å². The highest BCUT2D eigenvalue weighted by molar-refractivity contribution is 5.42. The fraction of sp³-hybridized carbons (Fsp3) is 0.400. The highest BCUT2D eigenvalue weighted by atomic mass is 16.5. The van der Waals surface area contributed by atoms with Gasteiger partial charge in [0.1, 0.15) is 6.61 Å². The maximum atomic E-state index is 5.72. The lowest BCUT2D eigenvalue weighted by atomic mass is 10.2. The molecule has 0 radical (unpaired) electrons. The van der Waals surface area contributed by atoms with Crippen molar-refractivity contribution in [2.45, 2.75) is 26.5 Å². The predicted molar refractivity (Wildman–Crippen MR) is 76.5 cm³/mol. The molecular weight excluding hydrogens is 256 g/mol. The summed E-state index contributed by atoms with van der Waals surface area (Å²) in [5.41, 5.74) is 1.01. The third-order valence-corrected chi connectivity index (χ3v) is 2.96. The van der Waals surface area contributed by atoms with Crippen LogP contribution in [-0.2, 0) is 6.61 Å². The van der Waals surface area contributed by atoms with Crippen molar-refractivity contribution in [3.05, 3.63) is 36.2 Å². The van der Waals surface area contributed by atoms with Crippen LogP contribution in [0.5, 0.6) is 17.2 Å². The van der Waals surface area contributed by atoms with Crippen LogP contribution in [0.1, 0.15) is 25.5 Å². The fourth-order valence-electron chi connectivity index (χ4n) is 1.81. The lowest BCUT2D eigenvalue weighted by Gasteiger charge is -2.10. The maximum Gasteiger partial charge on any atom is 0.161 e. The Morgan fingerprint density at radius 2 is 1.90 bits per heavy atom. The van der Waals surface area contributed by atoms with Gasteiger partial charge < -0.3 is 14.2 Å². The molecular formula is C15H20N2O3. The third-order valence-electron chi connectivity index (χ3n) is 2.96. The lowest BCUT2D eigenvalue weighted by molar-refractivity contribution is 0.303. The van der Waals surface area contributed by atoms with Crippen LogP contribution in [0.2, 0.25) is 0 Å². The quantitative estimate of drug-likeness (QED) is 0.813. The zero-order valence-corrected chi connectivity index (χ0v) is 12.3. The van der Waals surface area contributed by atoms with Crippen LogP contribution >= 0.6 is 0 Å². The van der Waals surface area contributed by atoms with E-state index in [0.717, 1.165) is 11.3 Å². The molecule has 0 N–H and O–H groups in total. The number of rotatable bonds is 6. The summed E-state index contributed by atoms with van der Waals surface area (Å²) >= 11 is 0. The van der Waals surface area contributed by atoms with Crippen LogP contribution in [0.3, 0.4) is 0 Å². The number of benzene rings is 1. The summed E-state index contributed by atoms with van der Waals surface area (Å²) < 4.78 is 18.1. The van der Waals surface area contributed by atoms with Crippen molar-refractivity contribution in [3.8, 4) is 17.2 Å². The van der Waals surface area contributed by atoms with E-state index in [4.69, 9.17) is 14.2 Å². The molecule has 2 rings (SSSR count). The van der Waals surface area contributed by atoms with E-state index in [2.05, 4.69) is 18.9 Å². The molecule has 5 nitrogen and oxygen atoms in total. The molecule has 1 aromatic carbocycles. The van der Waals surface area contributed by atoms with Gasteiger partial charge in [-0.05, 0) is 31.5 Å². The van der Waals surface area contributed by atoms with Crippen LogP contribution in [0.4, 0.5) is 0 Å². The van der Waals surface area contributed by atoms with Gasteiger partial charge in [0.2, 0.25) is 0 Å². The predicted octanol–water partition coefficient (Wildman–Crippen LogP) is 3.06. The van der Waals surface area contributed by atoms with Gasteiger partial charge in [-0.3, -0.25) is 4.68 Å². The van der Waals surface area contributed by atoms with Crippen LogP contribution in [-0.4, -0.2) is 24.0 Å². The average molecular weight is 276 g/mol. The summed E-state index contributed by atoms with van der Waals surface area (Å²) in [7, 11) is 3.24. The molecule has 0 amide bonds. The first-order valence-electron chi connectivity index (χ1n) is 6.52. The smallest absolute Gasteiger partial charge is 0.161 e. The fourth-order valence-corrected chi connectivity index (χ4v) is 1.81. The van der Waals surface area contributed by atoms with Gasteiger partial charge in [0.15, 0.2) is 17.2 Å². The van der Waals surface area contributed by atoms with Crippen molar-refractivity contribution in [1.29, 1.82) is 0 Å². The third kappa shape index (κ3) is 3.23. The van der Waals surface area contributed by atoms with Crippen molar-refractivity contribution in [1.82, 2.24) is 9.78 Å². The maximum absolute atomic E-state index is 5.72. The molecule has 0 aliphatic heterocycles. The molecule has 2 aromatic rings. The first kappa shape index (κ1) is 14.2. The molecule has 0 unspecified atom stereocenters. The molecule has 0 fully saturated rings. The minimum absolute atomic E-state index is 0.327. The summed E-state index contributed by atoms with van der Waals surface area (Å²) in [5, 5.41) is 4.24. The molecule has 5 heteroatoms. The monoisotopic (exact) mass is 276 g/mol. The summed E-state index contributed by atoms with van der Waals surface area (Å²) in [5.74, 6) is 2.17. The Kier molecular flexibility index (Phi) is 4.50. The number of hydrogen-bond donors (Lipinski definition) is 0. The molecule has 0 aliphatic rings. The number of hydrogen-bond acceptors (Lipinski definition) is 4. The summed E-state index contributed by atoms with van der Waals surface area (Å²) in [4.78, 5) is 0. The van der Waals surface area contributed by atoms with Gasteiger partial charge in [-0.1, -0.05) is 6.07 Å². The van der Waals surface area contributed by atoms with E-state index >= 15 is 0 Å². The number of methoxy groups -OCH3 is 2. The van der Waals surface area contributed by atoms with Crippen LogP contribution in [0.15, 0.2) is 30.6 Å². The highest BCUT2D eigenvalue weighted by Gasteiger charge is 2.06. The molecule has 1 aromatic heterocycles. The van der Waals surface area contributed by atoms with Gasteiger partial charge in [0.25, 0.3) is 0 Å². The Labute approximate surface area is 119 Å². The van der Waals surface area contributed by atoms with Crippen molar-refractivity contribution in [2.24, 2.45) is 0 Å². The Bertz CT molecular complexity index is 564. The highest BCUT2D eigenvalue weighted by Crippen LogP contribution is 2.28. The zero-order valence-electron chi connectivity index (χ0n) is 12.3. The lowest BCUT2D eigenvalue weighted by Crippen LogP contribution is -2.00. The average Bonchev–Trinajstić information content (AvgIpc) is 2.94. The molecule has 108 valence electrons. The minimum Gasteiger partial charge on any atom is -0.493 e. The van der Waals surface area contributed by atoms with Crippen LogP contribution in [0.25, 0.3) is 0 Å².